The third-order valence-corrected chi connectivity index (χ3v) is 4.83. The molecule has 0 bridgehead atoms. The Labute approximate surface area is 115 Å². The van der Waals surface area contributed by atoms with Gasteiger partial charge in [0.05, 0.1) is 0 Å². The van der Waals surface area contributed by atoms with Crippen LogP contribution in [0.4, 0.5) is 0 Å². The first kappa shape index (κ1) is 11.3. The van der Waals surface area contributed by atoms with E-state index >= 15 is 0 Å². The minimum atomic E-state index is 0.616. The highest BCUT2D eigenvalue weighted by Crippen LogP contribution is 2.48. The van der Waals surface area contributed by atoms with Crippen molar-refractivity contribution in [1.82, 2.24) is 0 Å². The van der Waals surface area contributed by atoms with Crippen LogP contribution in [0.15, 0.2) is 70.4 Å². The van der Waals surface area contributed by atoms with Crippen molar-refractivity contribution in [2.75, 3.05) is 0 Å². The maximum atomic E-state index is 2.44. The summed E-state index contributed by atoms with van der Waals surface area (Å²) in [6.07, 6.45) is 23.7. The lowest BCUT2D eigenvalue weighted by Gasteiger charge is -2.18. The first-order valence-corrected chi connectivity index (χ1v) is 7.56. The second-order valence-corrected chi connectivity index (χ2v) is 5.96. The van der Waals surface area contributed by atoms with Crippen molar-refractivity contribution in [2.24, 2.45) is 5.92 Å². The summed E-state index contributed by atoms with van der Waals surface area (Å²) in [6, 6.07) is 0. The van der Waals surface area contributed by atoms with E-state index in [0.29, 0.717) is 5.92 Å². The Morgan fingerprint density at radius 3 is 2.89 bits per heavy atom. The van der Waals surface area contributed by atoms with E-state index < -0.39 is 0 Å². The van der Waals surface area contributed by atoms with Gasteiger partial charge in [0.2, 0.25) is 0 Å². The molecule has 0 amide bonds. The summed E-state index contributed by atoms with van der Waals surface area (Å²) in [6.45, 7) is 0. The molecule has 1 unspecified atom stereocenters. The Morgan fingerprint density at radius 1 is 1.05 bits per heavy atom. The van der Waals surface area contributed by atoms with E-state index in [4.69, 9.17) is 0 Å². The molecule has 4 aliphatic carbocycles. The molecule has 0 saturated carbocycles. The lowest BCUT2D eigenvalue weighted by atomic mass is 9.86. The predicted molar refractivity (Wildman–Crippen MR) is 80.7 cm³/mol. The maximum absolute atomic E-state index is 2.44. The quantitative estimate of drug-likeness (QED) is 0.590. The van der Waals surface area contributed by atoms with E-state index in [-0.39, 0.29) is 0 Å². The number of hydrogen-bond donors (Lipinski definition) is 0. The highest BCUT2D eigenvalue weighted by atomic mass is 14.4. The summed E-state index contributed by atoms with van der Waals surface area (Å²) in [4.78, 5) is 0. The van der Waals surface area contributed by atoms with Crippen molar-refractivity contribution in [3.8, 4) is 0 Å². The summed E-state index contributed by atoms with van der Waals surface area (Å²) in [7, 11) is 0. The largest absolute Gasteiger partial charge is 0.0873 e. The van der Waals surface area contributed by atoms with Gasteiger partial charge in [0.1, 0.15) is 0 Å². The smallest absolute Gasteiger partial charge is 0.0237 e. The average Bonchev–Trinajstić information content (AvgIpc) is 3.08. The van der Waals surface area contributed by atoms with Crippen LogP contribution in [-0.4, -0.2) is 0 Å². The topological polar surface area (TPSA) is 0 Å². The van der Waals surface area contributed by atoms with Crippen molar-refractivity contribution in [3.05, 3.63) is 70.4 Å². The lowest BCUT2D eigenvalue weighted by Crippen LogP contribution is -2.04. The van der Waals surface area contributed by atoms with Crippen LogP contribution in [0.5, 0.6) is 0 Å². The molecule has 0 saturated heterocycles. The second-order valence-electron chi connectivity index (χ2n) is 5.96. The molecule has 0 aromatic heterocycles. The molecule has 0 heterocycles. The molecule has 0 radical (unpaired) electrons. The van der Waals surface area contributed by atoms with Crippen molar-refractivity contribution >= 4 is 0 Å². The highest BCUT2D eigenvalue weighted by Gasteiger charge is 2.32. The molecule has 0 aromatic rings. The van der Waals surface area contributed by atoms with Crippen molar-refractivity contribution in [3.63, 3.8) is 0 Å². The Bertz CT molecular complexity index is 588. The minimum Gasteiger partial charge on any atom is -0.0873 e. The van der Waals surface area contributed by atoms with Crippen LogP contribution in [0.3, 0.4) is 0 Å². The van der Waals surface area contributed by atoms with Gasteiger partial charge >= 0.3 is 0 Å². The number of allylic oxidation sites excluding steroid dienone is 12. The standard InChI is InChI=1S/C19H20/c1-2-8-14(7-1)13-19-17-11-5-3-9-15(17)16-10-4-6-12-18(16)19/h1-4,7,9-10,15H,5-6,8,11-13H2. The number of rotatable bonds is 2. The Morgan fingerprint density at radius 2 is 2.00 bits per heavy atom. The van der Waals surface area contributed by atoms with E-state index in [2.05, 4.69) is 42.5 Å². The molecule has 0 aromatic carbocycles. The molecule has 96 valence electrons. The Balaban J connectivity index is 1.74. The van der Waals surface area contributed by atoms with Gasteiger partial charge in [0, 0.05) is 5.92 Å². The third kappa shape index (κ3) is 1.82. The maximum Gasteiger partial charge on any atom is 0.0237 e. The zero-order valence-electron chi connectivity index (χ0n) is 11.4. The highest BCUT2D eigenvalue weighted by molar-refractivity contribution is 5.59. The predicted octanol–water partition coefficient (Wildman–Crippen LogP) is 5.19. The van der Waals surface area contributed by atoms with Crippen LogP contribution in [-0.2, 0) is 0 Å². The summed E-state index contributed by atoms with van der Waals surface area (Å²) in [5, 5.41) is 0. The summed E-state index contributed by atoms with van der Waals surface area (Å²) >= 11 is 0. The van der Waals surface area contributed by atoms with Crippen molar-refractivity contribution in [1.29, 1.82) is 0 Å². The normalized spacial score (nSPS) is 28.0. The monoisotopic (exact) mass is 248 g/mol. The first-order chi connectivity index (χ1) is 9.43. The van der Waals surface area contributed by atoms with Gasteiger partial charge in [-0.2, -0.15) is 0 Å². The van der Waals surface area contributed by atoms with Gasteiger partial charge < -0.3 is 0 Å². The molecule has 1 atom stereocenters. The fourth-order valence-corrected chi connectivity index (χ4v) is 3.94. The molecule has 0 fully saturated rings. The molecule has 0 spiro atoms. The molecular weight excluding hydrogens is 228 g/mol. The van der Waals surface area contributed by atoms with Crippen LogP contribution >= 0.6 is 0 Å². The summed E-state index contributed by atoms with van der Waals surface area (Å²) in [5.41, 5.74) is 8.32. The van der Waals surface area contributed by atoms with E-state index in [1.807, 2.05) is 0 Å². The molecular formula is C19H20. The third-order valence-electron chi connectivity index (χ3n) is 4.83. The SMILES string of the molecule is C1=CCC(CC2=C3CCC=CC3C3=C2CCC=C3)=C1. The van der Waals surface area contributed by atoms with Gasteiger partial charge in [-0.1, -0.05) is 53.7 Å². The fraction of sp³-hybridized carbons (Fsp3) is 0.368. The van der Waals surface area contributed by atoms with Crippen LogP contribution < -0.4 is 0 Å². The van der Waals surface area contributed by atoms with E-state index in [9.17, 15) is 0 Å². The molecule has 19 heavy (non-hydrogen) atoms. The van der Waals surface area contributed by atoms with Gasteiger partial charge in [-0.05, 0) is 55.2 Å². The number of fused-ring (bicyclic) bond motifs is 2. The van der Waals surface area contributed by atoms with E-state index in [1.54, 1.807) is 27.9 Å². The zero-order valence-corrected chi connectivity index (χ0v) is 11.4. The summed E-state index contributed by atoms with van der Waals surface area (Å²) in [5.74, 6) is 0.616. The molecule has 0 N–H and O–H groups in total. The van der Waals surface area contributed by atoms with Gasteiger partial charge in [-0.25, -0.2) is 0 Å². The molecule has 4 rings (SSSR count). The minimum absolute atomic E-state index is 0.616. The Hall–Kier alpha value is -1.56. The van der Waals surface area contributed by atoms with E-state index in [0.717, 1.165) is 6.42 Å². The lowest BCUT2D eigenvalue weighted by molar-refractivity contribution is 0.782. The van der Waals surface area contributed by atoms with Crippen LogP contribution in [0.25, 0.3) is 0 Å². The van der Waals surface area contributed by atoms with Crippen LogP contribution in [0, 0.1) is 5.92 Å². The fourth-order valence-electron chi connectivity index (χ4n) is 3.94. The van der Waals surface area contributed by atoms with E-state index in [1.165, 1.54) is 32.1 Å². The van der Waals surface area contributed by atoms with Crippen molar-refractivity contribution in [2.45, 2.75) is 38.5 Å². The van der Waals surface area contributed by atoms with Gasteiger partial charge in [0.15, 0.2) is 0 Å². The van der Waals surface area contributed by atoms with Crippen LogP contribution in [0.1, 0.15) is 38.5 Å². The van der Waals surface area contributed by atoms with Gasteiger partial charge in [-0.15, -0.1) is 0 Å². The Kier molecular flexibility index (Phi) is 2.69. The molecule has 0 heteroatoms. The molecule has 0 nitrogen and oxygen atoms in total. The van der Waals surface area contributed by atoms with Crippen LogP contribution in [0.2, 0.25) is 0 Å². The average molecular weight is 248 g/mol. The summed E-state index contributed by atoms with van der Waals surface area (Å²) < 4.78 is 0. The molecule has 0 aliphatic heterocycles. The van der Waals surface area contributed by atoms with Crippen molar-refractivity contribution < 1.29 is 0 Å². The second kappa shape index (κ2) is 4.52. The molecule has 4 aliphatic rings. The van der Waals surface area contributed by atoms with Gasteiger partial charge in [0.25, 0.3) is 0 Å². The number of hydrogen-bond acceptors (Lipinski definition) is 0. The van der Waals surface area contributed by atoms with Gasteiger partial charge in [-0.3, -0.25) is 0 Å². The zero-order chi connectivity index (χ0) is 12.7. The first-order valence-electron chi connectivity index (χ1n) is 7.56.